The quantitative estimate of drug-likeness (QED) is 0.696. The van der Waals surface area contributed by atoms with Crippen LogP contribution in [-0.4, -0.2) is 45.2 Å². The normalized spacial score (nSPS) is 11.9. The molecule has 0 aliphatic carbocycles. The fraction of sp³-hybridized carbons (Fsp3) is 0.409. The second kappa shape index (κ2) is 10.6. The first-order chi connectivity index (χ1) is 13.0. The van der Waals surface area contributed by atoms with E-state index in [-0.39, 0.29) is 11.9 Å². The van der Waals surface area contributed by atoms with Crippen LogP contribution in [0.1, 0.15) is 30.5 Å². The summed E-state index contributed by atoms with van der Waals surface area (Å²) in [6, 6.07) is 16.0. The minimum absolute atomic E-state index is 0.0239. The van der Waals surface area contributed by atoms with E-state index in [2.05, 4.69) is 10.2 Å². The van der Waals surface area contributed by atoms with Gasteiger partial charge in [0.1, 0.15) is 0 Å². The van der Waals surface area contributed by atoms with Crippen LogP contribution < -0.4 is 14.8 Å². The summed E-state index contributed by atoms with van der Waals surface area (Å²) in [6.07, 6.45) is 1.37. The molecule has 1 N–H and O–H groups in total. The fourth-order valence-corrected chi connectivity index (χ4v) is 2.90. The standard InChI is InChI=1S/C22H30N2O3/c1-17(19-8-6-5-7-9-19)23-22(25)13-15-24(2)14-12-18-10-11-20(26-3)21(16-18)27-4/h5-11,16-17H,12-15H2,1-4H3,(H,23,25). The van der Waals surface area contributed by atoms with Crippen molar-refractivity contribution in [1.29, 1.82) is 0 Å². The second-order valence-electron chi connectivity index (χ2n) is 6.69. The third kappa shape index (κ3) is 6.61. The molecule has 0 aromatic heterocycles. The first-order valence-corrected chi connectivity index (χ1v) is 9.27. The van der Waals surface area contributed by atoms with Crippen LogP contribution in [0.4, 0.5) is 0 Å². The molecule has 0 radical (unpaired) electrons. The highest BCUT2D eigenvalue weighted by molar-refractivity contribution is 5.76. The van der Waals surface area contributed by atoms with Crippen molar-refractivity contribution in [3.8, 4) is 11.5 Å². The SMILES string of the molecule is COc1ccc(CCN(C)CCC(=O)NC(C)c2ccccc2)cc1OC. The van der Waals surface area contributed by atoms with Gasteiger partial charge in [-0.2, -0.15) is 0 Å². The highest BCUT2D eigenvalue weighted by Gasteiger charge is 2.10. The molecule has 0 spiro atoms. The molecule has 1 amide bonds. The summed E-state index contributed by atoms with van der Waals surface area (Å²) in [5.41, 5.74) is 2.30. The molecule has 27 heavy (non-hydrogen) atoms. The molecule has 0 saturated carbocycles. The van der Waals surface area contributed by atoms with E-state index in [0.717, 1.165) is 36.6 Å². The third-order valence-electron chi connectivity index (χ3n) is 4.63. The van der Waals surface area contributed by atoms with Gasteiger partial charge in [-0.15, -0.1) is 0 Å². The maximum atomic E-state index is 12.2. The molecule has 2 aromatic carbocycles. The number of benzene rings is 2. The number of nitrogens with zero attached hydrogens (tertiary/aromatic N) is 1. The maximum Gasteiger partial charge on any atom is 0.221 e. The highest BCUT2D eigenvalue weighted by atomic mass is 16.5. The first-order valence-electron chi connectivity index (χ1n) is 9.27. The molecule has 0 aliphatic rings. The van der Waals surface area contributed by atoms with E-state index in [9.17, 15) is 4.79 Å². The zero-order valence-corrected chi connectivity index (χ0v) is 16.7. The van der Waals surface area contributed by atoms with Crippen molar-refractivity contribution in [2.45, 2.75) is 25.8 Å². The number of carbonyl (C=O) groups is 1. The average molecular weight is 370 g/mol. The van der Waals surface area contributed by atoms with Crippen LogP contribution in [0.15, 0.2) is 48.5 Å². The highest BCUT2D eigenvalue weighted by Crippen LogP contribution is 2.27. The lowest BCUT2D eigenvalue weighted by Crippen LogP contribution is -2.31. The maximum absolute atomic E-state index is 12.2. The summed E-state index contributed by atoms with van der Waals surface area (Å²) in [5.74, 6) is 1.55. The summed E-state index contributed by atoms with van der Waals surface area (Å²) >= 11 is 0. The average Bonchev–Trinajstić information content (AvgIpc) is 2.71. The lowest BCUT2D eigenvalue weighted by Gasteiger charge is -2.18. The van der Waals surface area contributed by atoms with Gasteiger partial charge < -0.3 is 19.7 Å². The van der Waals surface area contributed by atoms with Crippen LogP contribution in [0, 0.1) is 0 Å². The lowest BCUT2D eigenvalue weighted by molar-refractivity contribution is -0.122. The van der Waals surface area contributed by atoms with E-state index in [0.29, 0.717) is 6.42 Å². The first kappa shape index (κ1) is 20.8. The Morgan fingerprint density at radius 1 is 1.04 bits per heavy atom. The van der Waals surface area contributed by atoms with Gasteiger partial charge in [0.2, 0.25) is 5.91 Å². The van der Waals surface area contributed by atoms with Gasteiger partial charge in [-0.05, 0) is 43.7 Å². The molecule has 1 atom stereocenters. The molecular weight excluding hydrogens is 340 g/mol. The van der Waals surface area contributed by atoms with E-state index < -0.39 is 0 Å². The number of rotatable bonds is 10. The molecule has 0 fully saturated rings. The number of likely N-dealkylation sites (N-methyl/N-ethyl adjacent to an activating group) is 1. The van der Waals surface area contributed by atoms with Crippen LogP contribution >= 0.6 is 0 Å². The molecule has 146 valence electrons. The lowest BCUT2D eigenvalue weighted by atomic mass is 10.1. The van der Waals surface area contributed by atoms with Crippen LogP contribution in [-0.2, 0) is 11.2 Å². The van der Waals surface area contributed by atoms with Gasteiger partial charge in [0.15, 0.2) is 11.5 Å². The summed E-state index contributed by atoms with van der Waals surface area (Å²) in [5, 5.41) is 3.06. The second-order valence-corrected chi connectivity index (χ2v) is 6.69. The molecular formula is C22H30N2O3. The van der Waals surface area contributed by atoms with Crippen LogP contribution in [0.5, 0.6) is 11.5 Å². The van der Waals surface area contributed by atoms with Crippen molar-refractivity contribution in [3.05, 3.63) is 59.7 Å². The number of hydrogen-bond acceptors (Lipinski definition) is 4. The van der Waals surface area contributed by atoms with Gasteiger partial charge in [-0.25, -0.2) is 0 Å². The Bertz CT molecular complexity index is 719. The Kier molecular flexibility index (Phi) is 8.14. The number of methoxy groups -OCH3 is 2. The fourth-order valence-electron chi connectivity index (χ4n) is 2.90. The minimum atomic E-state index is 0.0239. The molecule has 0 aliphatic heterocycles. The number of amides is 1. The molecule has 2 aromatic rings. The summed E-state index contributed by atoms with van der Waals surface area (Å²) in [4.78, 5) is 14.4. The van der Waals surface area contributed by atoms with Gasteiger partial charge in [0.25, 0.3) is 0 Å². The van der Waals surface area contributed by atoms with E-state index in [1.54, 1.807) is 14.2 Å². The number of carbonyl (C=O) groups excluding carboxylic acids is 1. The zero-order chi connectivity index (χ0) is 19.6. The summed E-state index contributed by atoms with van der Waals surface area (Å²) in [6.45, 7) is 3.60. The summed E-state index contributed by atoms with van der Waals surface area (Å²) in [7, 11) is 5.31. The zero-order valence-electron chi connectivity index (χ0n) is 16.7. The molecule has 1 unspecified atom stereocenters. The van der Waals surface area contributed by atoms with Gasteiger partial charge in [-0.3, -0.25) is 4.79 Å². The molecule has 5 nitrogen and oxygen atoms in total. The molecule has 0 bridgehead atoms. The van der Waals surface area contributed by atoms with Crippen molar-refractivity contribution < 1.29 is 14.3 Å². The van der Waals surface area contributed by atoms with E-state index >= 15 is 0 Å². The molecule has 5 heteroatoms. The van der Waals surface area contributed by atoms with Crippen LogP contribution in [0.2, 0.25) is 0 Å². The summed E-state index contributed by atoms with van der Waals surface area (Å²) < 4.78 is 10.6. The van der Waals surface area contributed by atoms with Gasteiger partial charge >= 0.3 is 0 Å². The van der Waals surface area contributed by atoms with Gasteiger partial charge in [-0.1, -0.05) is 36.4 Å². The van der Waals surface area contributed by atoms with Crippen molar-refractivity contribution in [2.24, 2.45) is 0 Å². The molecule has 0 heterocycles. The Balaban J connectivity index is 1.74. The van der Waals surface area contributed by atoms with Crippen LogP contribution in [0.3, 0.4) is 0 Å². The smallest absolute Gasteiger partial charge is 0.221 e. The predicted octanol–water partition coefficient (Wildman–Crippen LogP) is 3.45. The number of ether oxygens (including phenoxy) is 2. The number of nitrogens with one attached hydrogen (secondary N) is 1. The predicted molar refractivity (Wildman–Crippen MR) is 108 cm³/mol. The Morgan fingerprint density at radius 2 is 1.74 bits per heavy atom. The topological polar surface area (TPSA) is 50.8 Å². The van der Waals surface area contributed by atoms with Crippen molar-refractivity contribution in [3.63, 3.8) is 0 Å². The van der Waals surface area contributed by atoms with E-state index in [4.69, 9.17) is 9.47 Å². The Morgan fingerprint density at radius 3 is 2.41 bits per heavy atom. The monoisotopic (exact) mass is 370 g/mol. The van der Waals surface area contributed by atoms with Gasteiger partial charge in [0.05, 0.1) is 20.3 Å². The minimum Gasteiger partial charge on any atom is -0.493 e. The molecule has 2 rings (SSSR count). The van der Waals surface area contributed by atoms with E-state index in [1.807, 2.05) is 62.5 Å². The van der Waals surface area contributed by atoms with Crippen molar-refractivity contribution >= 4 is 5.91 Å². The molecule has 0 saturated heterocycles. The van der Waals surface area contributed by atoms with E-state index in [1.165, 1.54) is 5.56 Å². The Labute approximate surface area is 162 Å². The number of hydrogen-bond donors (Lipinski definition) is 1. The largest absolute Gasteiger partial charge is 0.493 e. The Hall–Kier alpha value is -2.53. The van der Waals surface area contributed by atoms with Crippen molar-refractivity contribution in [2.75, 3.05) is 34.4 Å². The van der Waals surface area contributed by atoms with Crippen molar-refractivity contribution in [1.82, 2.24) is 10.2 Å². The third-order valence-corrected chi connectivity index (χ3v) is 4.63. The van der Waals surface area contributed by atoms with Crippen LogP contribution in [0.25, 0.3) is 0 Å². The van der Waals surface area contributed by atoms with Gasteiger partial charge in [0, 0.05) is 19.5 Å².